The number of nitrogens with one attached hydrogen (secondary N) is 1. The average Bonchev–Trinajstić information content (AvgIpc) is 2.42. The Morgan fingerprint density at radius 2 is 2.00 bits per heavy atom. The molecule has 0 spiro atoms. The normalized spacial score (nSPS) is 37.8. The molecule has 3 heteroatoms. The van der Waals surface area contributed by atoms with Gasteiger partial charge in [0.25, 0.3) is 0 Å². The molecule has 0 saturated carbocycles. The van der Waals surface area contributed by atoms with E-state index in [1.807, 2.05) is 0 Å². The third-order valence-corrected chi connectivity index (χ3v) is 4.14. The van der Waals surface area contributed by atoms with Crippen molar-refractivity contribution in [1.82, 2.24) is 5.32 Å². The molecule has 2 rings (SSSR count). The molecule has 2 fully saturated rings. The Morgan fingerprint density at radius 1 is 1.38 bits per heavy atom. The van der Waals surface area contributed by atoms with Crippen molar-refractivity contribution < 1.29 is 4.79 Å². The Kier molecular flexibility index (Phi) is 2.94. The smallest absolute Gasteiger partial charge is 0.185 e. The number of hydrogen-bond donors (Lipinski definition) is 1. The van der Waals surface area contributed by atoms with Crippen molar-refractivity contribution in [2.75, 3.05) is 5.75 Å². The Labute approximate surface area is 83.8 Å². The molecule has 2 unspecified atom stereocenters. The number of piperidine rings is 1. The standard InChI is InChI=1S/C10H17NOS/c1-7(12)13-6-8-4-9-2-3-10(5-8)11-9/h8-11H,2-6H2,1H3. The second-order valence-electron chi connectivity index (χ2n) is 4.28. The third-order valence-electron chi connectivity index (χ3n) is 3.09. The molecule has 0 aromatic heterocycles. The number of hydrogen-bond acceptors (Lipinski definition) is 3. The molecule has 0 aromatic carbocycles. The number of rotatable bonds is 2. The first-order valence-electron chi connectivity index (χ1n) is 5.13. The van der Waals surface area contributed by atoms with Crippen molar-refractivity contribution in [3.05, 3.63) is 0 Å². The first kappa shape index (κ1) is 9.53. The van der Waals surface area contributed by atoms with Crippen LogP contribution in [0.3, 0.4) is 0 Å². The van der Waals surface area contributed by atoms with Gasteiger partial charge in [-0.25, -0.2) is 0 Å². The highest BCUT2D eigenvalue weighted by molar-refractivity contribution is 8.13. The Hall–Kier alpha value is -0.0200. The maximum atomic E-state index is 10.8. The minimum atomic E-state index is 0.269. The van der Waals surface area contributed by atoms with Gasteiger partial charge in [-0.05, 0) is 31.6 Å². The van der Waals surface area contributed by atoms with Crippen LogP contribution in [-0.2, 0) is 4.79 Å². The molecular weight excluding hydrogens is 182 g/mol. The van der Waals surface area contributed by atoms with Crippen molar-refractivity contribution in [3.8, 4) is 0 Å². The van der Waals surface area contributed by atoms with Gasteiger partial charge in [-0.2, -0.15) is 0 Å². The van der Waals surface area contributed by atoms with Gasteiger partial charge in [-0.3, -0.25) is 4.79 Å². The number of fused-ring (bicyclic) bond motifs is 2. The molecule has 0 aromatic rings. The second kappa shape index (κ2) is 4.01. The van der Waals surface area contributed by atoms with Crippen LogP contribution < -0.4 is 5.32 Å². The first-order chi connectivity index (χ1) is 6.24. The number of carbonyl (C=O) groups is 1. The fourth-order valence-corrected chi connectivity index (χ4v) is 3.29. The molecule has 2 aliphatic rings. The summed E-state index contributed by atoms with van der Waals surface area (Å²) in [6, 6.07) is 1.52. The predicted octanol–water partition coefficient (Wildman–Crippen LogP) is 1.80. The highest BCUT2D eigenvalue weighted by atomic mass is 32.2. The molecule has 13 heavy (non-hydrogen) atoms. The van der Waals surface area contributed by atoms with Gasteiger partial charge in [0.2, 0.25) is 0 Å². The zero-order valence-electron chi connectivity index (χ0n) is 8.08. The van der Waals surface area contributed by atoms with E-state index in [4.69, 9.17) is 0 Å². The van der Waals surface area contributed by atoms with E-state index in [2.05, 4.69) is 5.32 Å². The zero-order valence-corrected chi connectivity index (χ0v) is 8.90. The van der Waals surface area contributed by atoms with E-state index in [1.165, 1.54) is 37.4 Å². The Balaban J connectivity index is 1.78. The van der Waals surface area contributed by atoms with Crippen molar-refractivity contribution in [2.24, 2.45) is 5.92 Å². The summed E-state index contributed by atoms with van der Waals surface area (Å²) in [5.41, 5.74) is 0. The van der Waals surface area contributed by atoms with E-state index in [0.717, 1.165) is 23.8 Å². The SMILES string of the molecule is CC(=O)SCC1CC2CCC(C1)N2. The molecule has 2 atom stereocenters. The minimum Gasteiger partial charge on any atom is -0.311 e. The topological polar surface area (TPSA) is 29.1 Å². The lowest BCUT2D eigenvalue weighted by Crippen LogP contribution is -2.38. The molecule has 2 aliphatic heterocycles. The summed E-state index contributed by atoms with van der Waals surface area (Å²) in [5.74, 6) is 1.83. The lowest BCUT2D eigenvalue weighted by Gasteiger charge is -2.28. The van der Waals surface area contributed by atoms with E-state index in [0.29, 0.717) is 0 Å². The van der Waals surface area contributed by atoms with Crippen LogP contribution in [0.25, 0.3) is 0 Å². The van der Waals surface area contributed by atoms with Crippen molar-refractivity contribution in [3.63, 3.8) is 0 Å². The highest BCUT2D eigenvalue weighted by Gasteiger charge is 2.33. The van der Waals surface area contributed by atoms with Crippen molar-refractivity contribution in [2.45, 2.75) is 44.7 Å². The number of thioether (sulfide) groups is 1. The predicted molar refractivity (Wildman–Crippen MR) is 55.8 cm³/mol. The third kappa shape index (κ3) is 2.47. The largest absolute Gasteiger partial charge is 0.311 e. The summed E-state index contributed by atoms with van der Waals surface area (Å²) >= 11 is 1.50. The van der Waals surface area contributed by atoms with Crippen molar-refractivity contribution >= 4 is 16.9 Å². The molecule has 74 valence electrons. The summed E-state index contributed by atoms with van der Waals surface area (Å²) in [5, 5.41) is 3.88. The van der Waals surface area contributed by atoms with Crippen LogP contribution in [0.5, 0.6) is 0 Å². The van der Waals surface area contributed by atoms with E-state index < -0.39 is 0 Å². The van der Waals surface area contributed by atoms with E-state index in [1.54, 1.807) is 6.92 Å². The monoisotopic (exact) mass is 199 g/mol. The maximum absolute atomic E-state index is 10.8. The summed E-state index contributed by atoms with van der Waals surface area (Å²) in [6.45, 7) is 1.67. The highest BCUT2D eigenvalue weighted by Crippen LogP contribution is 2.32. The van der Waals surface area contributed by atoms with E-state index >= 15 is 0 Å². The van der Waals surface area contributed by atoms with Gasteiger partial charge < -0.3 is 5.32 Å². The molecule has 2 nitrogen and oxygen atoms in total. The molecule has 2 heterocycles. The molecular formula is C10H17NOS. The molecule has 1 N–H and O–H groups in total. The molecule has 0 amide bonds. The Bertz CT molecular complexity index is 195. The van der Waals surface area contributed by atoms with Crippen LogP contribution in [0.15, 0.2) is 0 Å². The van der Waals surface area contributed by atoms with Gasteiger partial charge in [-0.1, -0.05) is 11.8 Å². The van der Waals surface area contributed by atoms with Gasteiger partial charge in [0, 0.05) is 24.8 Å². The lowest BCUT2D eigenvalue weighted by atomic mass is 9.94. The summed E-state index contributed by atoms with van der Waals surface area (Å²) in [4.78, 5) is 10.8. The summed E-state index contributed by atoms with van der Waals surface area (Å²) < 4.78 is 0. The summed E-state index contributed by atoms with van der Waals surface area (Å²) in [7, 11) is 0. The molecule has 0 aliphatic carbocycles. The fourth-order valence-electron chi connectivity index (χ4n) is 2.55. The lowest BCUT2D eigenvalue weighted by molar-refractivity contribution is -0.109. The van der Waals surface area contributed by atoms with Gasteiger partial charge in [0.15, 0.2) is 5.12 Å². The van der Waals surface area contributed by atoms with Crippen LogP contribution in [-0.4, -0.2) is 23.0 Å². The minimum absolute atomic E-state index is 0.269. The molecule has 0 radical (unpaired) electrons. The van der Waals surface area contributed by atoms with E-state index in [-0.39, 0.29) is 5.12 Å². The van der Waals surface area contributed by atoms with Crippen LogP contribution in [0.1, 0.15) is 32.6 Å². The van der Waals surface area contributed by atoms with Crippen LogP contribution >= 0.6 is 11.8 Å². The average molecular weight is 199 g/mol. The van der Waals surface area contributed by atoms with Gasteiger partial charge in [0.05, 0.1) is 0 Å². The van der Waals surface area contributed by atoms with Crippen LogP contribution in [0.4, 0.5) is 0 Å². The van der Waals surface area contributed by atoms with Crippen LogP contribution in [0.2, 0.25) is 0 Å². The second-order valence-corrected chi connectivity index (χ2v) is 5.47. The molecule has 2 bridgehead atoms. The maximum Gasteiger partial charge on any atom is 0.185 e. The Morgan fingerprint density at radius 3 is 2.54 bits per heavy atom. The summed E-state index contributed by atoms with van der Waals surface area (Å²) in [6.07, 6.45) is 5.28. The van der Waals surface area contributed by atoms with Crippen LogP contribution in [0, 0.1) is 5.92 Å². The molecule has 2 saturated heterocycles. The van der Waals surface area contributed by atoms with E-state index in [9.17, 15) is 4.79 Å². The first-order valence-corrected chi connectivity index (χ1v) is 6.12. The van der Waals surface area contributed by atoms with Gasteiger partial charge in [0.1, 0.15) is 0 Å². The quantitative estimate of drug-likeness (QED) is 0.735. The van der Waals surface area contributed by atoms with Crippen molar-refractivity contribution in [1.29, 1.82) is 0 Å². The van der Waals surface area contributed by atoms with Gasteiger partial charge >= 0.3 is 0 Å². The fraction of sp³-hybridized carbons (Fsp3) is 0.900. The van der Waals surface area contributed by atoms with Gasteiger partial charge in [-0.15, -0.1) is 0 Å². The number of carbonyl (C=O) groups excluding carboxylic acids is 1. The zero-order chi connectivity index (χ0) is 9.26.